The summed E-state index contributed by atoms with van der Waals surface area (Å²) in [7, 11) is -3.38. The van der Waals surface area contributed by atoms with Crippen LogP contribution in [0.1, 0.15) is 15.9 Å². The molecular formula is C19H16N2O3S. The number of fused-ring (bicyclic) bond motifs is 1. The third kappa shape index (κ3) is 4.51. The van der Waals surface area contributed by atoms with Gasteiger partial charge in [-0.05, 0) is 42.0 Å². The van der Waals surface area contributed by atoms with Crippen LogP contribution in [0.2, 0.25) is 0 Å². The molecule has 0 fully saturated rings. The van der Waals surface area contributed by atoms with Crippen molar-refractivity contribution in [2.45, 2.75) is 0 Å². The van der Waals surface area contributed by atoms with E-state index in [1.807, 2.05) is 30.3 Å². The Kier molecular flexibility index (Phi) is 4.63. The number of carbonyl (C=O) groups is 1. The Balaban J connectivity index is 1.81. The Labute approximate surface area is 146 Å². The second-order valence-corrected chi connectivity index (χ2v) is 7.36. The maximum Gasteiger partial charge on any atom is 0.229 e. The molecule has 0 aliphatic heterocycles. The highest BCUT2D eigenvalue weighted by Crippen LogP contribution is 2.16. The predicted octanol–water partition coefficient (Wildman–Crippen LogP) is 3.50. The molecule has 1 N–H and O–H groups in total. The van der Waals surface area contributed by atoms with Gasteiger partial charge in [-0.3, -0.25) is 14.5 Å². The van der Waals surface area contributed by atoms with Gasteiger partial charge >= 0.3 is 0 Å². The molecule has 126 valence electrons. The molecule has 1 heterocycles. The fourth-order valence-corrected chi connectivity index (χ4v) is 2.97. The zero-order valence-electron chi connectivity index (χ0n) is 13.5. The molecule has 0 atom stereocenters. The highest BCUT2D eigenvalue weighted by Gasteiger charge is 2.06. The van der Waals surface area contributed by atoms with Crippen molar-refractivity contribution in [2.24, 2.45) is 0 Å². The lowest BCUT2D eigenvalue weighted by Crippen LogP contribution is -2.10. The molecule has 6 heteroatoms. The van der Waals surface area contributed by atoms with Crippen LogP contribution >= 0.6 is 0 Å². The summed E-state index contributed by atoms with van der Waals surface area (Å²) >= 11 is 0. The average molecular weight is 352 g/mol. The number of hydrogen-bond acceptors (Lipinski definition) is 4. The molecule has 2 aromatic carbocycles. The first-order chi connectivity index (χ1) is 11.9. The minimum atomic E-state index is -3.38. The Morgan fingerprint density at radius 1 is 1.08 bits per heavy atom. The maximum atomic E-state index is 12.3. The molecule has 0 unspecified atom stereocenters. The average Bonchev–Trinajstić information content (AvgIpc) is 2.58. The summed E-state index contributed by atoms with van der Waals surface area (Å²) in [5.74, 6) is -0.205. The normalized spacial score (nSPS) is 11.7. The topological polar surface area (TPSA) is 76.1 Å². The number of carbonyl (C=O) groups excluding carboxylic acids is 1. The van der Waals surface area contributed by atoms with Crippen LogP contribution in [0.15, 0.2) is 66.9 Å². The van der Waals surface area contributed by atoms with E-state index in [0.29, 0.717) is 11.3 Å². The summed E-state index contributed by atoms with van der Waals surface area (Å²) in [6.45, 7) is 0. The number of nitrogens with zero attached hydrogens (tertiary/aromatic N) is 1. The molecule has 0 saturated heterocycles. The first-order valence-electron chi connectivity index (χ1n) is 7.56. The van der Waals surface area contributed by atoms with Crippen LogP contribution in [0.4, 0.5) is 5.69 Å². The smallest absolute Gasteiger partial charge is 0.229 e. The van der Waals surface area contributed by atoms with Crippen molar-refractivity contribution in [1.29, 1.82) is 0 Å². The number of ketones is 1. The van der Waals surface area contributed by atoms with Crippen molar-refractivity contribution in [3.8, 4) is 0 Å². The van der Waals surface area contributed by atoms with E-state index in [4.69, 9.17) is 0 Å². The molecule has 0 bridgehead atoms. The zero-order chi connectivity index (χ0) is 17.9. The summed E-state index contributed by atoms with van der Waals surface area (Å²) in [5.41, 5.74) is 2.55. The van der Waals surface area contributed by atoms with Gasteiger partial charge in [-0.1, -0.05) is 30.3 Å². The minimum Gasteiger partial charge on any atom is -0.289 e. The van der Waals surface area contributed by atoms with E-state index in [0.717, 1.165) is 22.7 Å². The largest absolute Gasteiger partial charge is 0.289 e. The first kappa shape index (κ1) is 16.9. The van der Waals surface area contributed by atoms with Crippen molar-refractivity contribution in [3.63, 3.8) is 0 Å². The van der Waals surface area contributed by atoms with E-state index in [1.54, 1.807) is 30.5 Å². The van der Waals surface area contributed by atoms with Crippen LogP contribution in [-0.4, -0.2) is 25.4 Å². The van der Waals surface area contributed by atoms with E-state index in [-0.39, 0.29) is 5.78 Å². The molecule has 1 aromatic heterocycles. The van der Waals surface area contributed by atoms with E-state index in [9.17, 15) is 13.2 Å². The maximum absolute atomic E-state index is 12.3. The molecule has 0 aliphatic rings. The number of pyridine rings is 1. The van der Waals surface area contributed by atoms with Gasteiger partial charge in [0.2, 0.25) is 10.0 Å². The van der Waals surface area contributed by atoms with Crippen molar-refractivity contribution >= 4 is 38.5 Å². The molecule has 25 heavy (non-hydrogen) atoms. The Morgan fingerprint density at radius 2 is 1.92 bits per heavy atom. The summed E-state index contributed by atoms with van der Waals surface area (Å²) < 4.78 is 24.9. The van der Waals surface area contributed by atoms with Crippen LogP contribution in [-0.2, 0) is 10.0 Å². The third-order valence-electron chi connectivity index (χ3n) is 3.50. The van der Waals surface area contributed by atoms with Gasteiger partial charge in [0.15, 0.2) is 5.78 Å². The number of nitrogens with one attached hydrogen (secondary N) is 1. The molecule has 0 radical (unpaired) electrons. The van der Waals surface area contributed by atoms with Gasteiger partial charge in [-0.15, -0.1) is 0 Å². The van der Waals surface area contributed by atoms with Crippen molar-refractivity contribution in [2.75, 3.05) is 11.0 Å². The zero-order valence-corrected chi connectivity index (χ0v) is 14.3. The second-order valence-electron chi connectivity index (χ2n) is 5.61. The van der Waals surface area contributed by atoms with E-state index >= 15 is 0 Å². The van der Waals surface area contributed by atoms with Gasteiger partial charge in [0.25, 0.3) is 0 Å². The van der Waals surface area contributed by atoms with Crippen molar-refractivity contribution < 1.29 is 13.2 Å². The summed E-state index contributed by atoms with van der Waals surface area (Å²) in [6.07, 6.45) is 6.00. The van der Waals surface area contributed by atoms with E-state index in [2.05, 4.69) is 9.71 Å². The van der Waals surface area contributed by atoms with Gasteiger partial charge in [-0.2, -0.15) is 0 Å². The van der Waals surface area contributed by atoms with Gasteiger partial charge in [0.1, 0.15) is 0 Å². The Hall–Kier alpha value is -2.99. The molecule has 0 amide bonds. The first-order valence-corrected chi connectivity index (χ1v) is 9.45. The summed E-state index contributed by atoms with van der Waals surface area (Å²) in [5, 5.41) is 0.997. The summed E-state index contributed by atoms with van der Waals surface area (Å²) in [6, 6.07) is 15.9. The van der Waals surface area contributed by atoms with Crippen LogP contribution in [0, 0.1) is 0 Å². The van der Waals surface area contributed by atoms with E-state index in [1.165, 1.54) is 12.1 Å². The van der Waals surface area contributed by atoms with Gasteiger partial charge in [0.05, 0.1) is 11.8 Å². The highest BCUT2D eigenvalue weighted by molar-refractivity contribution is 7.92. The number of rotatable bonds is 5. The number of allylic oxidation sites excluding steroid dienone is 1. The van der Waals surface area contributed by atoms with Crippen LogP contribution in [0.25, 0.3) is 17.0 Å². The molecular weight excluding hydrogens is 336 g/mol. The van der Waals surface area contributed by atoms with Crippen molar-refractivity contribution in [3.05, 3.63) is 78.0 Å². The van der Waals surface area contributed by atoms with Crippen LogP contribution in [0.5, 0.6) is 0 Å². The van der Waals surface area contributed by atoms with E-state index < -0.39 is 10.0 Å². The lowest BCUT2D eigenvalue weighted by molar-refractivity contribution is 0.104. The number of benzene rings is 2. The lowest BCUT2D eigenvalue weighted by atomic mass is 10.1. The Morgan fingerprint density at radius 3 is 2.72 bits per heavy atom. The minimum absolute atomic E-state index is 0.205. The third-order valence-corrected chi connectivity index (χ3v) is 4.11. The summed E-state index contributed by atoms with van der Waals surface area (Å²) in [4.78, 5) is 16.6. The monoisotopic (exact) mass is 352 g/mol. The fraction of sp³-hybridized carbons (Fsp3) is 0.0526. The number of sulfonamides is 1. The highest BCUT2D eigenvalue weighted by atomic mass is 32.2. The quantitative estimate of drug-likeness (QED) is 0.563. The number of anilines is 1. The number of hydrogen-bond donors (Lipinski definition) is 1. The molecule has 3 aromatic rings. The molecule has 0 saturated carbocycles. The van der Waals surface area contributed by atoms with Crippen LogP contribution in [0.3, 0.4) is 0 Å². The molecule has 5 nitrogen and oxygen atoms in total. The second kappa shape index (κ2) is 6.86. The van der Waals surface area contributed by atoms with Gasteiger partial charge in [0, 0.05) is 22.8 Å². The fourth-order valence-electron chi connectivity index (χ4n) is 2.42. The SMILES string of the molecule is CS(=O)(=O)Nc1cccc(C(=O)C=Cc2ccc3ncccc3c2)c1. The Bertz CT molecular complexity index is 1070. The van der Waals surface area contributed by atoms with Gasteiger partial charge < -0.3 is 0 Å². The molecule has 0 spiro atoms. The lowest BCUT2D eigenvalue weighted by Gasteiger charge is -2.04. The molecule has 0 aliphatic carbocycles. The van der Waals surface area contributed by atoms with Gasteiger partial charge in [-0.25, -0.2) is 8.42 Å². The number of aromatic nitrogens is 1. The predicted molar refractivity (Wildman–Crippen MR) is 100 cm³/mol. The van der Waals surface area contributed by atoms with Crippen LogP contribution < -0.4 is 4.72 Å². The van der Waals surface area contributed by atoms with Crippen molar-refractivity contribution in [1.82, 2.24) is 4.98 Å². The molecule has 3 rings (SSSR count). The standard InChI is InChI=1S/C19H16N2O3S/c1-25(23,24)21-17-6-2-4-16(13-17)19(22)10-8-14-7-9-18-15(12-14)5-3-11-20-18/h2-13,21H,1H3.